The summed E-state index contributed by atoms with van der Waals surface area (Å²) in [6, 6.07) is 7.82. The molecule has 0 unspecified atom stereocenters. The molecule has 1 aromatic rings. The molecular weight excluding hydrogens is 206 g/mol. The summed E-state index contributed by atoms with van der Waals surface area (Å²) in [6.07, 6.45) is 4.21. The largest absolute Gasteiger partial charge is 0.309 e. The van der Waals surface area contributed by atoms with Gasteiger partial charge in [-0.3, -0.25) is 0 Å². The molecule has 1 rings (SSSR count). The van der Waals surface area contributed by atoms with Crippen molar-refractivity contribution < 1.29 is 0 Å². The van der Waals surface area contributed by atoms with Crippen LogP contribution in [-0.4, -0.2) is 12.1 Å². The Bertz CT molecular complexity index is 319. The number of rotatable bonds is 3. The molecule has 0 aliphatic heterocycles. The molecule has 1 N–H and O–H groups in total. The van der Waals surface area contributed by atoms with Crippen molar-refractivity contribution in [3.8, 4) is 0 Å². The van der Waals surface area contributed by atoms with Crippen molar-refractivity contribution in [3.63, 3.8) is 0 Å². The molecule has 0 fully saturated rings. The first-order chi connectivity index (χ1) is 6.97. The lowest BCUT2D eigenvalue weighted by Gasteiger charge is -2.18. The van der Waals surface area contributed by atoms with Gasteiger partial charge in [-0.05, 0) is 38.5 Å². The van der Waals surface area contributed by atoms with Crippen molar-refractivity contribution in [1.82, 2.24) is 5.32 Å². The summed E-state index contributed by atoms with van der Waals surface area (Å²) in [5, 5.41) is 4.17. The van der Waals surface area contributed by atoms with Crippen LogP contribution in [0, 0.1) is 0 Å². The lowest BCUT2D eigenvalue weighted by Crippen LogP contribution is -2.35. The monoisotopic (exact) mass is 223 g/mol. The van der Waals surface area contributed by atoms with Gasteiger partial charge in [0.25, 0.3) is 0 Å². The topological polar surface area (TPSA) is 12.0 Å². The van der Waals surface area contributed by atoms with E-state index in [0.717, 1.165) is 11.6 Å². The van der Waals surface area contributed by atoms with Crippen LogP contribution >= 0.6 is 11.6 Å². The molecule has 0 aliphatic rings. The second-order valence-electron chi connectivity index (χ2n) is 4.58. The van der Waals surface area contributed by atoms with Crippen molar-refractivity contribution >= 4 is 17.7 Å². The maximum Gasteiger partial charge on any atom is 0.0406 e. The third-order valence-electron chi connectivity index (χ3n) is 1.93. The Labute approximate surface area is 97.1 Å². The maximum atomic E-state index is 5.80. The molecule has 15 heavy (non-hydrogen) atoms. The zero-order valence-corrected chi connectivity index (χ0v) is 10.3. The molecule has 0 aliphatic carbocycles. The fraction of sp³-hybridized carbons (Fsp3) is 0.385. The summed E-state index contributed by atoms with van der Waals surface area (Å²) in [5.41, 5.74) is 1.35. The van der Waals surface area contributed by atoms with Crippen molar-refractivity contribution in [3.05, 3.63) is 40.9 Å². The first-order valence-corrected chi connectivity index (χ1v) is 5.52. The van der Waals surface area contributed by atoms with Crippen molar-refractivity contribution in [2.45, 2.75) is 26.3 Å². The van der Waals surface area contributed by atoms with E-state index in [9.17, 15) is 0 Å². The molecule has 0 atom stereocenters. The minimum atomic E-state index is 0.171. The van der Waals surface area contributed by atoms with Crippen molar-refractivity contribution in [2.75, 3.05) is 6.54 Å². The third kappa shape index (κ3) is 5.60. The van der Waals surface area contributed by atoms with Crippen LogP contribution in [0.25, 0.3) is 6.08 Å². The second-order valence-corrected chi connectivity index (χ2v) is 5.02. The zero-order chi connectivity index (χ0) is 11.3. The van der Waals surface area contributed by atoms with E-state index >= 15 is 0 Å². The molecule has 0 radical (unpaired) electrons. The van der Waals surface area contributed by atoms with E-state index in [2.05, 4.69) is 38.2 Å². The van der Waals surface area contributed by atoms with E-state index in [0.29, 0.717) is 0 Å². The molecule has 0 aromatic heterocycles. The summed E-state index contributed by atoms with van der Waals surface area (Å²) in [7, 11) is 0. The van der Waals surface area contributed by atoms with E-state index in [-0.39, 0.29) is 5.54 Å². The van der Waals surface area contributed by atoms with Gasteiger partial charge in [0.05, 0.1) is 0 Å². The Morgan fingerprint density at radius 1 is 1.20 bits per heavy atom. The first kappa shape index (κ1) is 12.3. The van der Waals surface area contributed by atoms with Crippen molar-refractivity contribution in [1.29, 1.82) is 0 Å². The highest BCUT2D eigenvalue weighted by molar-refractivity contribution is 6.30. The van der Waals surface area contributed by atoms with Gasteiger partial charge >= 0.3 is 0 Å². The molecule has 0 bridgehead atoms. The highest BCUT2D eigenvalue weighted by Crippen LogP contribution is 2.10. The smallest absolute Gasteiger partial charge is 0.0406 e. The fourth-order valence-electron chi connectivity index (χ4n) is 1.13. The number of nitrogens with one attached hydrogen (secondary N) is 1. The van der Waals surface area contributed by atoms with Crippen LogP contribution in [0.15, 0.2) is 30.3 Å². The average Bonchev–Trinajstić information content (AvgIpc) is 2.14. The molecule has 82 valence electrons. The molecular formula is C13H18ClN. The normalized spacial score (nSPS) is 12.3. The Morgan fingerprint density at radius 3 is 2.33 bits per heavy atom. The first-order valence-electron chi connectivity index (χ1n) is 5.14. The SMILES string of the molecule is CC(C)(C)NCC=Cc1ccc(Cl)cc1. The summed E-state index contributed by atoms with van der Waals surface area (Å²) in [6.45, 7) is 7.35. The summed E-state index contributed by atoms with van der Waals surface area (Å²) in [4.78, 5) is 0. The Kier molecular flexibility index (Phi) is 4.37. The molecule has 0 saturated heterocycles. The molecule has 2 heteroatoms. The fourth-order valence-corrected chi connectivity index (χ4v) is 1.26. The second kappa shape index (κ2) is 5.34. The van der Waals surface area contributed by atoms with Gasteiger partial charge < -0.3 is 5.32 Å². The quantitative estimate of drug-likeness (QED) is 0.823. The predicted molar refractivity (Wildman–Crippen MR) is 68.2 cm³/mol. The maximum absolute atomic E-state index is 5.80. The zero-order valence-electron chi connectivity index (χ0n) is 9.55. The number of halogens is 1. The molecule has 0 spiro atoms. The number of benzene rings is 1. The molecule has 0 heterocycles. The van der Waals surface area contributed by atoms with Crippen LogP contribution in [0.1, 0.15) is 26.3 Å². The van der Waals surface area contributed by atoms with E-state index in [4.69, 9.17) is 11.6 Å². The summed E-state index contributed by atoms with van der Waals surface area (Å²) in [5.74, 6) is 0. The Hall–Kier alpha value is -0.790. The summed E-state index contributed by atoms with van der Waals surface area (Å²) >= 11 is 5.80. The predicted octanol–water partition coefficient (Wildman–Crippen LogP) is 3.74. The van der Waals surface area contributed by atoms with Crippen LogP contribution < -0.4 is 5.32 Å². The standard InChI is InChI=1S/C13H18ClN/c1-13(2,3)15-10-4-5-11-6-8-12(14)9-7-11/h4-9,15H,10H2,1-3H3. The molecule has 0 amide bonds. The van der Waals surface area contributed by atoms with Gasteiger partial charge in [0, 0.05) is 17.1 Å². The third-order valence-corrected chi connectivity index (χ3v) is 2.18. The molecule has 0 saturated carbocycles. The van der Waals surface area contributed by atoms with Gasteiger partial charge in [-0.25, -0.2) is 0 Å². The molecule has 1 aromatic carbocycles. The summed E-state index contributed by atoms with van der Waals surface area (Å²) < 4.78 is 0. The highest BCUT2D eigenvalue weighted by Gasteiger charge is 2.05. The van der Waals surface area contributed by atoms with Gasteiger partial charge in [-0.15, -0.1) is 0 Å². The van der Waals surface area contributed by atoms with Gasteiger partial charge in [0.15, 0.2) is 0 Å². The van der Waals surface area contributed by atoms with E-state index in [1.807, 2.05) is 24.3 Å². The van der Waals surface area contributed by atoms with Gasteiger partial charge in [0.1, 0.15) is 0 Å². The van der Waals surface area contributed by atoms with E-state index in [1.165, 1.54) is 5.56 Å². The number of hydrogen-bond donors (Lipinski definition) is 1. The minimum Gasteiger partial charge on any atom is -0.309 e. The van der Waals surface area contributed by atoms with E-state index in [1.54, 1.807) is 0 Å². The van der Waals surface area contributed by atoms with E-state index < -0.39 is 0 Å². The van der Waals surface area contributed by atoms with Crippen molar-refractivity contribution in [2.24, 2.45) is 0 Å². The molecule has 1 nitrogen and oxygen atoms in total. The van der Waals surface area contributed by atoms with Gasteiger partial charge in [-0.1, -0.05) is 35.9 Å². The number of hydrogen-bond acceptors (Lipinski definition) is 1. The lowest BCUT2D eigenvalue weighted by atomic mass is 10.1. The van der Waals surface area contributed by atoms with Crippen LogP contribution in [0.2, 0.25) is 5.02 Å². The van der Waals surface area contributed by atoms with Gasteiger partial charge in [-0.2, -0.15) is 0 Å². The van der Waals surface area contributed by atoms with Crippen LogP contribution in [-0.2, 0) is 0 Å². The van der Waals surface area contributed by atoms with Gasteiger partial charge in [0.2, 0.25) is 0 Å². The Balaban J connectivity index is 2.42. The van der Waals surface area contributed by atoms with Crippen LogP contribution in [0.5, 0.6) is 0 Å². The average molecular weight is 224 g/mol. The Morgan fingerprint density at radius 2 is 1.80 bits per heavy atom. The lowest BCUT2D eigenvalue weighted by molar-refractivity contribution is 0.450. The van der Waals surface area contributed by atoms with Crippen LogP contribution in [0.3, 0.4) is 0 Å². The minimum absolute atomic E-state index is 0.171. The van der Waals surface area contributed by atoms with Crippen LogP contribution in [0.4, 0.5) is 0 Å². The highest BCUT2D eigenvalue weighted by atomic mass is 35.5.